The van der Waals surface area contributed by atoms with Crippen LogP contribution in [0.4, 0.5) is 4.39 Å². The normalized spacial score (nSPS) is 11.9. The van der Waals surface area contributed by atoms with Gasteiger partial charge in [-0.25, -0.2) is 4.39 Å². The molecule has 2 aromatic rings. The summed E-state index contributed by atoms with van der Waals surface area (Å²) in [5.41, 5.74) is 2.02. The monoisotopic (exact) mass is 287 g/mol. The molecule has 0 radical (unpaired) electrons. The maximum atomic E-state index is 13.1. The van der Waals surface area contributed by atoms with Crippen LogP contribution in [0.1, 0.15) is 23.6 Å². The van der Waals surface area contributed by atoms with Crippen molar-refractivity contribution >= 4 is 5.97 Å². The predicted molar refractivity (Wildman–Crippen MR) is 79.3 cm³/mol. The highest BCUT2D eigenvalue weighted by Gasteiger charge is 2.14. The zero-order chi connectivity index (χ0) is 15.1. The minimum atomic E-state index is -0.264. The third-order valence-corrected chi connectivity index (χ3v) is 3.24. The molecule has 1 unspecified atom stereocenters. The summed E-state index contributed by atoms with van der Waals surface area (Å²) in [4.78, 5) is 11.2. The quantitative estimate of drug-likeness (QED) is 0.830. The first-order chi connectivity index (χ1) is 10.2. The van der Waals surface area contributed by atoms with Crippen molar-refractivity contribution in [1.82, 2.24) is 5.32 Å². The number of nitrogens with one attached hydrogen (secondary N) is 1. The van der Waals surface area contributed by atoms with Gasteiger partial charge in [-0.05, 0) is 23.3 Å². The second kappa shape index (κ2) is 7.55. The molecule has 0 amide bonds. The molecular formula is C17H18FNO2. The summed E-state index contributed by atoms with van der Waals surface area (Å²) in [5.74, 6) is -0.520. The number of esters is 1. The molecule has 0 heterocycles. The van der Waals surface area contributed by atoms with Gasteiger partial charge in [0.1, 0.15) is 5.82 Å². The molecule has 0 spiro atoms. The van der Waals surface area contributed by atoms with Gasteiger partial charge in [0.05, 0.1) is 19.6 Å². The fraction of sp³-hybridized carbons (Fsp3) is 0.235. The third kappa shape index (κ3) is 4.39. The summed E-state index contributed by atoms with van der Waals surface area (Å²) >= 11 is 0. The summed E-state index contributed by atoms with van der Waals surface area (Å²) in [6.45, 7) is 0.490. The van der Waals surface area contributed by atoms with E-state index in [1.807, 2.05) is 30.3 Å². The van der Waals surface area contributed by atoms with E-state index in [-0.39, 0.29) is 17.8 Å². The smallest absolute Gasteiger partial charge is 0.306 e. The van der Waals surface area contributed by atoms with Gasteiger partial charge in [0.2, 0.25) is 0 Å². The number of hydrogen-bond acceptors (Lipinski definition) is 3. The van der Waals surface area contributed by atoms with Crippen molar-refractivity contribution in [3.05, 3.63) is 71.5 Å². The Bertz CT molecular complexity index is 569. The van der Waals surface area contributed by atoms with Crippen LogP contribution in [-0.2, 0) is 9.53 Å². The largest absolute Gasteiger partial charge is 0.469 e. The summed E-state index contributed by atoms with van der Waals surface area (Å²) in [6.07, 6.45) is 0.293. The molecule has 1 N–H and O–H groups in total. The van der Waals surface area contributed by atoms with Crippen LogP contribution in [0.2, 0.25) is 0 Å². The molecule has 0 saturated heterocycles. The zero-order valence-corrected chi connectivity index (χ0v) is 11.9. The lowest BCUT2D eigenvalue weighted by atomic mass is 9.98. The molecule has 1 atom stereocenters. The van der Waals surface area contributed by atoms with Gasteiger partial charge in [-0.15, -0.1) is 0 Å². The molecule has 0 aliphatic carbocycles. The van der Waals surface area contributed by atoms with Crippen LogP contribution in [0.15, 0.2) is 54.6 Å². The molecule has 21 heavy (non-hydrogen) atoms. The lowest BCUT2D eigenvalue weighted by molar-refractivity contribution is -0.140. The molecule has 2 rings (SSSR count). The van der Waals surface area contributed by atoms with E-state index in [0.717, 1.165) is 11.1 Å². The molecule has 110 valence electrons. The molecule has 0 aliphatic heterocycles. The van der Waals surface area contributed by atoms with Crippen molar-refractivity contribution in [3.8, 4) is 0 Å². The molecule has 0 aliphatic rings. The van der Waals surface area contributed by atoms with Gasteiger partial charge in [-0.2, -0.15) is 0 Å². The van der Waals surface area contributed by atoms with E-state index in [0.29, 0.717) is 13.0 Å². The van der Waals surface area contributed by atoms with Crippen molar-refractivity contribution < 1.29 is 13.9 Å². The van der Waals surface area contributed by atoms with Gasteiger partial charge in [0.25, 0.3) is 0 Å². The van der Waals surface area contributed by atoms with E-state index in [1.165, 1.54) is 19.2 Å². The van der Waals surface area contributed by atoms with Crippen LogP contribution in [-0.4, -0.2) is 19.6 Å². The second-order valence-corrected chi connectivity index (χ2v) is 4.68. The first kappa shape index (κ1) is 15.2. The Kier molecular flexibility index (Phi) is 5.46. The number of halogens is 1. The van der Waals surface area contributed by atoms with E-state index >= 15 is 0 Å². The number of rotatable bonds is 6. The molecule has 0 saturated carbocycles. The van der Waals surface area contributed by atoms with Gasteiger partial charge in [0, 0.05) is 6.54 Å². The standard InChI is InChI=1S/C17H18FNO2/c1-21-16(20)11-12-19-17(13-5-3-2-4-6-13)14-7-9-15(18)10-8-14/h2-10,17,19H,11-12H2,1H3. The first-order valence-electron chi connectivity index (χ1n) is 6.81. The van der Waals surface area contributed by atoms with Crippen LogP contribution in [0, 0.1) is 5.82 Å². The minimum absolute atomic E-state index is 0.0866. The number of methoxy groups -OCH3 is 1. The summed E-state index contributed by atoms with van der Waals surface area (Å²) in [7, 11) is 1.37. The summed E-state index contributed by atoms with van der Waals surface area (Å²) in [5, 5.41) is 3.31. The Balaban J connectivity index is 2.15. The van der Waals surface area contributed by atoms with Crippen molar-refractivity contribution in [2.45, 2.75) is 12.5 Å². The van der Waals surface area contributed by atoms with Crippen molar-refractivity contribution in [2.75, 3.05) is 13.7 Å². The fourth-order valence-electron chi connectivity index (χ4n) is 2.15. The number of carbonyl (C=O) groups is 1. The van der Waals surface area contributed by atoms with Gasteiger partial charge in [-0.3, -0.25) is 4.79 Å². The van der Waals surface area contributed by atoms with Gasteiger partial charge in [-0.1, -0.05) is 42.5 Å². The maximum Gasteiger partial charge on any atom is 0.306 e. The number of carbonyl (C=O) groups excluding carboxylic acids is 1. The fourth-order valence-corrected chi connectivity index (χ4v) is 2.15. The Morgan fingerprint density at radius 2 is 1.71 bits per heavy atom. The van der Waals surface area contributed by atoms with Crippen molar-refractivity contribution in [1.29, 1.82) is 0 Å². The topological polar surface area (TPSA) is 38.3 Å². The Hall–Kier alpha value is -2.20. The number of ether oxygens (including phenoxy) is 1. The molecular weight excluding hydrogens is 269 g/mol. The third-order valence-electron chi connectivity index (χ3n) is 3.24. The highest BCUT2D eigenvalue weighted by molar-refractivity contribution is 5.69. The van der Waals surface area contributed by atoms with E-state index in [9.17, 15) is 9.18 Å². The van der Waals surface area contributed by atoms with Gasteiger partial charge < -0.3 is 10.1 Å². The number of hydrogen-bond donors (Lipinski definition) is 1. The van der Waals surface area contributed by atoms with Crippen LogP contribution in [0.5, 0.6) is 0 Å². The molecule has 3 nitrogen and oxygen atoms in total. The lowest BCUT2D eigenvalue weighted by Crippen LogP contribution is -2.25. The average molecular weight is 287 g/mol. The Morgan fingerprint density at radius 1 is 1.10 bits per heavy atom. The molecule has 0 fully saturated rings. The average Bonchev–Trinajstić information content (AvgIpc) is 2.53. The minimum Gasteiger partial charge on any atom is -0.469 e. The summed E-state index contributed by atoms with van der Waals surface area (Å²) < 4.78 is 17.7. The zero-order valence-electron chi connectivity index (χ0n) is 11.9. The van der Waals surface area contributed by atoms with Gasteiger partial charge >= 0.3 is 5.97 Å². The Labute approximate surface area is 123 Å². The van der Waals surface area contributed by atoms with E-state index in [2.05, 4.69) is 10.1 Å². The first-order valence-corrected chi connectivity index (χ1v) is 6.81. The van der Waals surface area contributed by atoms with Crippen molar-refractivity contribution in [2.24, 2.45) is 0 Å². The molecule has 2 aromatic carbocycles. The maximum absolute atomic E-state index is 13.1. The highest BCUT2D eigenvalue weighted by atomic mass is 19.1. The van der Waals surface area contributed by atoms with Crippen LogP contribution in [0.25, 0.3) is 0 Å². The van der Waals surface area contributed by atoms with Crippen LogP contribution < -0.4 is 5.32 Å². The highest BCUT2D eigenvalue weighted by Crippen LogP contribution is 2.22. The number of benzene rings is 2. The molecule has 4 heteroatoms. The lowest BCUT2D eigenvalue weighted by Gasteiger charge is -2.19. The van der Waals surface area contributed by atoms with Crippen molar-refractivity contribution in [3.63, 3.8) is 0 Å². The van der Waals surface area contributed by atoms with E-state index < -0.39 is 0 Å². The Morgan fingerprint density at radius 3 is 2.33 bits per heavy atom. The molecule has 0 aromatic heterocycles. The predicted octanol–water partition coefficient (Wildman–Crippen LogP) is 3.07. The van der Waals surface area contributed by atoms with Crippen LogP contribution in [0.3, 0.4) is 0 Å². The van der Waals surface area contributed by atoms with E-state index in [4.69, 9.17) is 0 Å². The van der Waals surface area contributed by atoms with Crippen LogP contribution >= 0.6 is 0 Å². The SMILES string of the molecule is COC(=O)CCNC(c1ccccc1)c1ccc(F)cc1. The van der Waals surface area contributed by atoms with E-state index in [1.54, 1.807) is 12.1 Å². The molecule has 0 bridgehead atoms. The summed E-state index contributed by atoms with van der Waals surface area (Å²) in [6, 6.07) is 16.1. The second-order valence-electron chi connectivity index (χ2n) is 4.68. The van der Waals surface area contributed by atoms with Gasteiger partial charge in [0.15, 0.2) is 0 Å².